The summed E-state index contributed by atoms with van der Waals surface area (Å²) in [6.07, 6.45) is 1.66. The molecule has 0 aromatic heterocycles. The minimum Gasteiger partial charge on any atom is -0.272 e. The number of fused-ring (bicyclic) bond motifs is 1. The van der Waals surface area contributed by atoms with E-state index in [-0.39, 0.29) is 10.7 Å². The van der Waals surface area contributed by atoms with Gasteiger partial charge in [-0.25, -0.2) is 5.43 Å². The summed E-state index contributed by atoms with van der Waals surface area (Å²) in [5, 5.41) is 6.23. The Kier molecular flexibility index (Phi) is 4.10. The smallest absolute Gasteiger partial charge is 0.253 e. The van der Waals surface area contributed by atoms with Gasteiger partial charge in [-0.3, -0.25) is 4.79 Å². The van der Waals surface area contributed by atoms with Gasteiger partial charge in [0.15, 0.2) is 0 Å². The second kappa shape index (κ2) is 5.78. The molecule has 0 saturated carbocycles. The summed E-state index contributed by atoms with van der Waals surface area (Å²) in [6.45, 7) is 1.75. The molecule has 92 valence electrons. The normalized spacial score (nSPS) is 12.8. The molecular formula is C14H13BrN2O. The van der Waals surface area contributed by atoms with Crippen molar-refractivity contribution in [1.29, 1.82) is 0 Å². The van der Waals surface area contributed by atoms with Gasteiger partial charge in [-0.15, -0.1) is 0 Å². The van der Waals surface area contributed by atoms with Crippen LogP contribution in [0.3, 0.4) is 0 Å². The number of alkyl halides is 1. The van der Waals surface area contributed by atoms with Crippen LogP contribution in [0.15, 0.2) is 47.6 Å². The van der Waals surface area contributed by atoms with Crippen LogP contribution in [0.1, 0.15) is 12.5 Å². The van der Waals surface area contributed by atoms with Crippen molar-refractivity contribution in [2.75, 3.05) is 0 Å². The summed E-state index contributed by atoms with van der Waals surface area (Å²) in [5.41, 5.74) is 3.46. The van der Waals surface area contributed by atoms with E-state index in [1.165, 1.54) is 0 Å². The monoisotopic (exact) mass is 304 g/mol. The molecule has 0 spiro atoms. The lowest BCUT2D eigenvalue weighted by atomic mass is 10.1. The molecule has 0 unspecified atom stereocenters. The average molecular weight is 305 g/mol. The lowest BCUT2D eigenvalue weighted by molar-refractivity contribution is -0.120. The van der Waals surface area contributed by atoms with E-state index in [1.807, 2.05) is 42.5 Å². The fourth-order valence-electron chi connectivity index (χ4n) is 1.62. The molecule has 3 nitrogen and oxygen atoms in total. The van der Waals surface area contributed by atoms with Crippen LogP contribution in [0, 0.1) is 0 Å². The predicted molar refractivity (Wildman–Crippen MR) is 78.1 cm³/mol. The van der Waals surface area contributed by atoms with Gasteiger partial charge in [-0.05, 0) is 17.7 Å². The number of rotatable bonds is 3. The number of amides is 1. The fourth-order valence-corrected chi connectivity index (χ4v) is 1.72. The summed E-state index contributed by atoms with van der Waals surface area (Å²) in [6, 6.07) is 14.0. The molecule has 2 aromatic rings. The van der Waals surface area contributed by atoms with E-state index in [9.17, 15) is 4.79 Å². The highest BCUT2D eigenvalue weighted by atomic mass is 79.9. The van der Waals surface area contributed by atoms with Gasteiger partial charge in [0.05, 0.1) is 11.0 Å². The molecule has 0 aliphatic rings. The summed E-state index contributed by atoms with van der Waals surface area (Å²) < 4.78 is 0. The molecule has 0 fully saturated rings. The minimum absolute atomic E-state index is 0.161. The molecule has 0 aliphatic heterocycles. The highest BCUT2D eigenvalue weighted by Gasteiger charge is 2.05. The molecule has 1 amide bonds. The van der Waals surface area contributed by atoms with Crippen molar-refractivity contribution in [3.8, 4) is 0 Å². The third-order valence-corrected chi connectivity index (χ3v) is 2.98. The Bertz CT molecular complexity index is 588. The largest absolute Gasteiger partial charge is 0.272 e. The summed E-state index contributed by atoms with van der Waals surface area (Å²) in [4.78, 5) is 11.1. The van der Waals surface area contributed by atoms with E-state index >= 15 is 0 Å². The van der Waals surface area contributed by atoms with Gasteiger partial charge >= 0.3 is 0 Å². The Morgan fingerprint density at radius 2 is 2.00 bits per heavy atom. The maximum Gasteiger partial charge on any atom is 0.253 e. The van der Waals surface area contributed by atoms with Gasteiger partial charge in [-0.2, -0.15) is 5.10 Å². The molecule has 18 heavy (non-hydrogen) atoms. The highest BCUT2D eigenvalue weighted by molar-refractivity contribution is 9.10. The van der Waals surface area contributed by atoms with E-state index in [2.05, 4.69) is 26.5 Å². The lowest BCUT2D eigenvalue weighted by Gasteiger charge is -2.02. The van der Waals surface area contributed by atoms with E-state index < -0.39 is 0 Å². The molecule has 2 rings (SSSR count). The number of carbonyl (C=O) groups is 1. The number of nitrogens with one attached hydrogen (secondary N) is 1. The maximum absolute atomic E-state index is 11.3. The number of hydrazone groups is 1. The summed E-state index contributed by atoms with van der Waals surface area (Å²) in [5.74, 6) is -0.161. The van der Waals surface area contributed by atoms with Crippen LogP contribution in [0.5, 0.6) is 0 Å². The van der Waals surface area contributed by atoms with Crippen molar-refractivity contribution in [2.45, 2.75) is 11.8 Å². The van der Waals surface area contributed by atoms with Gasteiger partial charge in [0.1, 0.15) is 0 Å². The fraction of sp³-hybridized carbons (Fsp3) is 0.143. The third kappa shape index (κ3) is 2.96. The Morgan fingerprint density at radius 3 is 2.78 bits per heavy atom. The molecule has 0 radical (unpaired) electrons. The van der Waals surface area contributed by atoms with E-state index in [4.69, 9.17) is 0 Å². The van der Waals surface area contributed by atoms with Crippen molar-refractivity contribution in [3.05, 3.63) is 48.0 Å². The summed E-state index contributed by atoms with van der Waals surface area (Å²) in [7, 11) is 0. The SMILES string of the molecule is C[C@@H](Br)C(=O)N/N=C\c1cccc2ccccc12. The Morgan fingerprint density at radius 1 is 1.28 bits per heavy atom. The Labute approximate surface area is 114 Å². The number of carbonyl (C=O) groups excluding carboxylic acids is 1. The zero-order chi connectivity index (χ0) is 13.0. The molecule has 0 heterocycles. The van der Waals surface area contributed by atoms with Crippen molar-refractivity contribution >= 4 is 38.8 Å². The quantitative estimate of drug-likeness (QED) is 0.528. The number of hydrogen-bond donors (Lipinski definition) is 1. The van der Waals surface area contributed by atoms with Crippen molar-refractivity contribution in [1.82, 2.24) is 5.43 Å². The maximum atomic E-state index is 11.3. The molecular weight excluding hydrogens is 292 g/mol. The zero-order valence-corrected chi connectivity index (χ0v) is 11.5. The van der Waals surface area contributed by atoms with Crippen LogP contribution >= 0.6 is 15.9 Å². The van der Waals surface area contributed by atoms with Gasteiger partial charge in [0, 0.05) is 5.56 Å². The third-order valence-electron chi connectivity index (χ3n) is 2.56. The van der Waals surface area contributed by atoms with Crippen molar-refractivity contribution in [3.63, 3.8) is 0 Å². The molecule has 4 heteroatoms. The Hall–Kier alpha value is -1.68. The molecule has 0 bridgehead atoms. The molecule has 2 aromatic carbocycles. The first kappa shape index (κ1) is 12.8. The van der Waals surface area contributed by atoms with Crippen LogP contribution in [0.25, 0.3) is 10.8 Å². The van der Waals surface area contributed by atoms with E-state index in [0.29, 0.717) is 0 Å². The second-order valence-electron chi connectivity index (χ2n) is 3.92. The highest BCUT2D eigenvalue weighted by Crippen LogP contribution is 2.16. The van der Waals surface area contributed by atoms with Crippen molar-refractivity contribution < 1.29 is 4.79 Å². The van der Waals surface area contributed by atoms with Crippen LogP contribution < -0.4 is 5.43 Å². The zero-order valence-electron chi connectivity index (χ0n) is 9.93. The molecule has 1 N–H and O–H groups in total. The first-order valence-electron chi connectivity index (χ1n) is 5.63. The number of halogens is 1. The van der Waals surface area contributed by atoms with Gasteiger partial charge in [0.2, 0.25) is 0 Å². The molecule has 1 atom stereocenters. The molecule has 0 saturated heterocycles. The lowest BCUT2D eigenvalue weighted by Crippen LogP contribution is -2.24. The van der Waals surface area contributed by atoms with Gasteiger partial charge < -0.3 is 0 Å². The van der Waals surface area contributed by atoms with Crippen LogP contribution in [-0.4, -0.2) is 16.9 Å². The minimum atomic E-state index is -0.248. The number of nitrogens with zero attached hydrogens (tertiary/aromatic N) is 1. The first-order valence-corrected chi connectivity index (χ1v) is 6.55. The molecule has 0 aliphatic carbocycles. The number of benzene rings is 2. The average Bonchev–Trinajstić information content (AvgIpc) is 2.38. The van der Waals surface area contributed by atoms with Crippen LogP contribution in [0.2, 0.25) is 0 Å². The van der Waals surface area contributed by atoms with E-state index in [1.54, 1.807) is 13.1 Å². The van der Waals surface area contributed by atoms with Crippen LogP contribution in [-0.2, 0) is 4.79 Å². The van der Waals surface area contributed by atoms with Crippen molar-refractivity contribution in [2.24, 2.45) is 5.10 Å². The predicted octanol–water partition coefficient (Wildman–Crippen LogP) is 3.07. The second-order valence-corrected chi connectivity index (χ2v) is 5.29. The number of hydrogen-bond acceptors (Lipinski definition) is 2. The Balaban J connectivity index is 2.22. The van der Waals surface area contributed by atoms with Gasteiger partial charge in [0.25, 0.3) is 5.91 Å². The standard InChI is InChI=1S/C14H13BrN2O/c1-10(15)14(18)17-16-9-12-7-4-6-11-5-2-3-8-13(11)12/h2-10H,1H3,(H,17,18)/b16-9-/t10-/m1/s1. The topological polar surface area (TPSA) is 41.5 Å². The van der Waals surface area contributed by atoms with Crippen LogP contribution in [0.4, 0.5) is 0 Å². The van der Waals surface area contributed by atoms with Gasteiger partial charge in [-0.1, -0.05) is 58.4 Å². The van der Waals surface area contributed by atoms with E-state index in [0.717, 1.165) is 16.3 Å². The first-order chi connectivity index (χ1) is 8.68. The summed E-state index contributed by atoms with van der Waals surface area (Å²) >= 11 is 3.18.